The number of rotatable bonds is 14. The summed E-state index contributed by atoms with van der Waals surface area (Å²) < 4.78 is 28.3. The average Bonchev–Trinajstić information content (AvgIpc) is 3.87. The molecule has 49 heavy (non-hydrogen) atoms. The number of allylic oxidation sites excluding steroid dienone is 2. The van der Waals surface area contributed by atoms with E-state index in [0.29, 0.717) is 19.8 Å². The zero-order valence-electron chi connectivity index (χ0n) is 30.6. The van der Waals surface area contributed by atoms with E-state index in [0.717, 1.165) is 38.0 Å². The molecule has 2 fully saturated rings. The number of esters is 1. The fourth-order valence-electron chi connectivity index (χ4n) is 6.61. The molecule has 1 amide bonds. The van der Waals surface area contributed by atoms with Crippen LogP contribution in [-0.4, -0.2) is 127 Å². The molecule has 3 rings (SSSR count). The lowest BCUT2D eigenvalue weighted by atomic mass is 9.88. The lowest BCUT2D eigenvalue weighted by Crippen LogP contribution is -2.44. The highest BCUT2D eigenvalue weighted by Gasteiger charge is 2.50. The molecule has 0 aromatic rings. The number of nitrogens with one attached hydrogen (secondary N) is 1. The summed E-state index contributed by atoms with van der Waals surface area (Å²) in [4.78, 5) is 27.9. The Morgan fingerprint density at radius 3 is 2.61 bits per heavy atom. The van der Waals surface area contributed by atoms with Crippen molar-refractivity contribution < 1.29 is 48.6 Å². The van der Waals surface area contributed by atoms with Gasteiger partial charge in [-0.05, 0) is 57.7 Å². The van der Waals surface area contributed by atoms with Crippen molar-refractivity contribution in [1.29, 1.82) is 0 Å². The van der Waals surface area contributed by atoms with Crippen LogP contribution in [0.5, 0.6) is 0 Å². The van der Waals surface area contributed by atoms with Gasteiger partial charge in [-0.15, -0.1) is 0 Å². The van der Waals surface area contributed by atoms with Crippen LogP contribution < -0.4 is 5.32 Å². The Morgan fingerprint density at radius 1 is 1.22 bits per heavy atom. The van der Waals surface area contributed by atoms with Crippen molar-refractivity contribution in [3.63, 3.8) is 0 Å². The Bertz CT molecular complexity index is 1120. The van der Waals surface area contributed by atoms with Gasteiger partial charge in [0.2, 0.25) is 0 Å². The summed E-state index contributed by atoms with van der Waals surface area (Å²) in [5.74, 6) is -0.924. The fraction of sp³-hybridized carbons (Fsp3) is 0.784. The quantitative estimate of drug-likeness (QED) is 0.0693. The van der Waals surface area contributed by atoms with E-state index in [9.17, 15) is 24.9 Å². The first-order valence-electron chi connectivity index (χ1n) is 18.0. The van der Waals surface area contributed by atoms with Crippen LogP contribution in [0.1, 0.15) is 73.6 Å². The van der Waals surface area contributed by atoms with Gasteiger partial charge in [0.1, 0.15) is 17.8 Å². The molecule has 0 spiro atoms. The van der Waals surface area contributed by atoms with E-state index in [4.69, 9.17) is 23.7 Å². The third-order valence-electron chi connectivity index (χ3n) is 10.1. The number of cyclic esters (lactones) is 1. The van der Waals surface area contributed by atoms with Gasteiger partial charge in [0.15, 0.2) is 6.10 Å². The summed E-state index contributed by atoms with van der Waals surface area (Å²) in [5.41, 5.74) is -0.744. The van der Waals surface area contributed by atoms with Crippen LogP contribution >= 0.6 is 0 Å². The molecule has 3 aliphatic rings. The highest BCUT2D eigenvalue weighted by atomic mass is 16.6. The molecule has 4 N–H and O–H groups in total. The molecule has 0 aromatic carbocycles. The number of aliphatic hydroxyl groups excluding tert-OH is 2. The molecule has 0 bridgehead atoms. The standard InChI is InChI=1S/C37H62N2O10/c1-8-29(45-7)27(5)34-35(49-34)32(42)24(2)11-9-12-25(3)33-26(4)13-14-30(37(6,44)16-15-28(40)23-31(41)48-33)47-36(43)38-17-10-18-39-19-21-46-22-20-39/h9,11-14,24,26-30,32-35,40,42,44H,8,10,15-23H2,1-7H3,(H,38,43)/b11-9+,14-13+,25-12+. The van der Waals surface area contributed by atoms with Gasteiger partial charge in [-0.1, -0.05) is 52.0 Å². The van der Waals surface area contributed by atoms with Gasteiger partial charge < -0.3 is 44.3 Å². The van der Waals surface area contributed by atoms with Crippen LogP contribution in [0.3, 0.4) is 0 Å². The number of methoxy groups -OCH3 is 1. The van der Waals surface area contributed by atoms with Gasteiger partial charge in [0.05, 0.1) is 44.1 Å². The highest BCUT2D eigenvalue weighted by molar-refractivity contribution is 5.70. The number of nitrogens with zero attached hydrogens (tertiary/aromatic N) is 1. The van der Waals surface area contributed by atoms with E-state index in [-0.39, 0.29) is 55.3 Å². The Kier molecular flexibility index (Phi) is 16.7. The maximum absolute atomic E-state index is 12.8. The Hall–Kier alpha value is -2.32. The van der Waals surface area contributed by atoms with Crippen molar-refractivity contribution in [3.05, 3.63) is 36.0 Å². The van der Waals surface area contributed by atoms with Gasteiger partial charge in [-0.3, -0.25) is 9.69 Å². The van der Waals surface area contributed by atoms with Crippen molar-refractivity contribution >= 4 is 12.1 Å². The molecule has 3 aliphatic heterocycles. The summed E-state index contributed by atoms with van der Waals surface area (Å²) in [6.45, 7) is 15.8. The smallest absolute Gasteiger partial charge is 0.407 e. The SMILES string of the molecule is CCC(OC)C(C)C1OC1C(O)C(C)/C=C/C=C(\C)C1OC(=O)CC(O)CCC(C)(O)C(OC(=O)NCCCN2CCOCC2)/C=C/C1C. The molecule has 3 heterocycles. The van der Waals surface area contributed by atoms with Crippen LogP contribution in [0.25, 0.3) is 0 Å². The minimum atomic E-state index is -1.49. The molecular formula is C37H62N2O10. The first-order chi connectivity index (χ1) is 23.3. The Morgan fingerprint density at radius 2 is 1.94 bits per heavy atom. The molecule has 2 saturated heterocycles. The zero-order chi connectivity index (χ0) is 36.1. The van der Waals surface area contributed by atoms with E-state index in [2.05, 4.69) is 24.1 Å². The van der Waals surface area contributed by atoms with Crippen molar-refractivity contribution in [1.82, 2.24) is 10.2 Å². The molecular weight excluding hydrogens is 632 g/mol. The molecule has 280 valence electrons. The number of aliphatic hydroxyl groups is 3. The molecule has 0 saturated carbocycles. The molecule has 0 aromatic heterocycles. The number of epoxide rings is 1. The number of morpholine rings is 1. The maximum Gasteiger partial charge on any atom is 0.407 e. The fourth-order valence-corrected chi connectivity index (χ4v) is 6.61. The number of hydrogen-bond acceptors (Lipinski definition) is 11. The van der Waals surface area contributed by atoms with Crippen LogP contribution in [0, 0.1) is 17.8 Å². The molecule has 11 atom stereocenters. The largest absolute Gasteiger partial charge is 0.457 e. The molecule has 12 nitrogen and oxygen atoms in total. The zero-order valence-corrected chi connectivity index (χ0v) is 30.6. The van der Waals surface area contributed by atoms with Gasteiger partial charge in [0.25, 0.3) is 0 Å². The lowest BCUT2D eigenvalue weighted by molar-refractivity contribution is -0.151. The predicted molar refractivity (Wildman–Crippen MR) is 186 cm³/mol. The number of hydrogen-bond donors (Lipinski definition) is 4. The normalized spacial score (nSPS) is 33.8. The first-order valence-corrected chi connectivity index (χ1v) is 18.0. The van der Waals surface area contributed by atoms with E-state index in [1.54, 1.807) is 26.2 Å². The van der Waals surface area contributed by atoms with E-state index >= 15 is 0 Å². The number of carbonyl (C=O) groups is 2. The molecule has 0 aliphatic carbocycles. The monoisotopic (exact) mass is 694 g/mol. The van der Waals surface area contributed by atoms with Crippen molar-refractivity contribution in [2.24, 2.45) is 17.8 Å². The Labute approximate surface area is 292 Å². The average molecular weight is 695 g/mol. The second kappa shape index (κ2) is 19.9. The third-order valence-corrected chi connectivity index (χ3v) is 10.1. The number of ether oxygens (including phenoxy) is 5. The minimum absolute atomic E-state index is 0.0494. The van der Waals surface area contributed by atoms with Crippen molar-refractivity contribution in [3.8, 4) is 0 Å². The molecule has 12 heteroatoms. The second-order valence-electron chi connectivity index (χ2n) is 14.2. The van der Waals surface area contributed by atoms with Crippen molar-refractivity contribution in [2.45, 2.75) is 122 Å². The summed E-state index contributed by atoms with van der Waals surface area (Å²) in [6.07, 6.45) is 6.33. The highest BCUT2D eigenvalue weighted by Crippen LogP contribution is 2.37. The summed E-state index contributed by atoms with van der Waals surface area (Å²) in [5, 5.41) is 35.7. The van der Waals surface area contributed by atoms with Gasteiger partial charge in [-0.2, -0.15) is 0 Å². The third kappa shape index (κ3) is 13.1. The van der Waals surface area contributed by atoms with E-state index in [1.165, 1.54) is 0 Å². The lowest BCUT2D eigenvalue weighted by Gasteiger charge is -2.32. The molecule has 11 unspecified atom stereocenters. The van der Waals surface area contributed by atoms with Crippen LogP contribution in [0.2, 0.25) is 0 Å². The minimum Gasteiger partial charge on any atom is -0.457 e. The van der Waals surface area contributed by atoms with Crippen LogP contribution in [0.4, 0.5) is 4.79 Å². The van der Waals surface area contributed by atoms with Crippen LogP contribution in [0.15, 0.2) is 36.0 Å². The number of amides is 1. The van der Waals surface area contributed by atoms with Crippen molar-refractivity contribution in [2.75, 3.05) is 46.5 Å². The Balaban J connectivity index is 1.65. The second-order valence-corrected chi connectivity index (χ2v) is 14.2. The van der Waals surface area contributed by atoms with E-state index in [1.807, 2.05) is 39.0 Å². The molecule has 0 radical (unpaired) electrons. The number of alkyl carbamates (subject to hydrolysis) is 1. The van der Waals surface area contributed by atoms with E-state index < -0.39 is 42.1 Å². The van der Waals surface area contributed by atoms with Gasteiger partial charge in [0, 0.05) is 44.5 Å². The summed E-state index contributed by atoms with van der Waals surface area (Å²) >= 11 is 0. The summed E-state index contributed by atoms with van der Waals surface area (Å²) in [7, 11) is 1.70. The first kappa shape index (κ1) is 41.1. The topological polar surface area (TPSA) is 160 Å². The number of carbonyl (C=O) groups excluding carboxylic acids is 2. The predicted octanol–water partition coefficient (Wildman–Crippen LogP) is 3.53. The van der Waals surface area contributed by atoms with Gasteiger partial charge in [-0.25, -0.2) is 4.79 Å². The van der Waals surface area contributed by atoms with Gasteiger partial charge >= 0.3 is 12.1 Å². The van der Waals surface area contributed by atoms with Crippen LogP contribution in [-0.2, 0) is 28.5 Å². The maximum atomic E-state index is 12.8. The summed E-state index contributed by atoms with van der Waals surface area (Å²) in [6, 6.07) is 0.